The number of likely N-dealkylation sites (N-methyl/N-ethyl adjacent to an activating group) is 1. The van der Waals surface area contributed by atoms with Crippen LogP contribution in [-0.4, -0.2) is 40.1 Å². The molecular formula is C25H23N5O2. The quantitative estimate of drug-likeness (QED) is 0.390. The summed E-state index contributed by atoms with van der Waals surface area (Å²) in [6.07, 6.45) is 5.08. The van der Waals surface area contributed by atoms with Gasteiger partial charge in [0, 0.05) is 47.8 Å². The van der Waals surface area contributed by atoms with Gasteiger partial charge in [-0.05, 0) is 55.5 Å². The number of benzene rings is 2. The van der Waals surface area contributed by atoms with Crippen molar-refractivity contribution in [2.45, 2.75) is 6.92 Å². The number of pyridine rings is 1. The fraction of sp³-hybridized carbons (Fsp3) is 0.160. The maximum Gasteiger partial charge on any atom is 0.230 e. The van der Waals surface area contributed by atoms with E-state index in [2.05, 4.69) is 30.9 Å². The van der Waals surface area contributed by atoms with Gasteiger partial charge in [0.1, 0.15) is 24.4 Å². The van der Waals surface area contributed by atoms with Crippen LogP contribution in [-0.2, 0) is 0 Å². The van der Waals surface area contributed by atoms with E-state index in [1.54, 1.807) is 12.4 Å². The second-order valence-electron chi connectivity index (χ2n) is 7.64. The lowest BCUT2D eigenvalue weighted by molar-refractivity contribution is 0.326. The van der Waals surface area contributed by atoms with Crippen LogP contribution in [0.5, 0.6) is 17.4 Å². The number of fused-ring (bicyclic) bond motifs is 2. The van der Waals surface area contributed by atoms with E-state index in [0.717, 1.165) is 51.2 Å². The lowest BCUT2D eigenvalue weighted by atomic mass is 10.2. The number of nitrogens with one attached hydrogen (secondary N) is 1. The van der Waals surface area contributed by atoms with Gasteiger partial charge in [0.15, 0.2) is 0 Å². The summed E-state index contributed by atoms with van der Waals surface area (Å²) < 4.78 is 12.0. The van der Waals surface area contributed by atoms with E-state index in [4.69, 9.17) is 9.47 Å². The second-order valence-corrected chi connectivity index (χ2v) is 7.64. The van der Waals surface area contributed by atoms with Crippen LogP contribution in [0.15, 0.2) is 73.3 Å². The Labute approximate surface area is 185 Å². The summed E-state index contributed by atoms with van der Waals surface area (Å²) in [4.78, 5) is 18.2. The Hall–Kier alpha value is -4.13. The van der Waals surface area contributed by atoms with Gasteiger partial charge in [-0.25, -0.2) is 9.97 Å². The number of aromatic nitrogens is 4. The standard InChI is InChI=1S/C25H23N5O2/c1-17-13-18-14-21(4-6-23(18)29-17)32-25-22-5-3-20(15-24(22)27-16-28-25)31-12-11-30(2)19-7-9-26-10-8-19/h3-10,13-16,29H,11-12H2,1-2H3. The van der Waals surface area contributed by atoms with Gasteiger partial charge in [-0.3, -0.25) is 4.98 Å². The first-order valence-corrected chi connectivity index (χ1v) is 10.4. The van der Waals surface area contributed by atoms with E-state index in [1.165, 1.54) is 6.33 Å². The van der Waals surface area contributed by atoms with Crippen LogP contribution in [0.2, 0.25) is 0 Å². The van der Waals surface area contributed by atoms with Gasteiger partial charge in [0.25, 0.3) is 0 Å². The highest BCUT2D eigenvalue weighted by atomic mass is 16.5. The van der Waals surface area contributed by atoms with Crippen molar-refractivity contribution in [3.63, 3.8) is 0 Å². The molecule has 7 heteroatoms. The number of aryl methyl sites for hydroxylation is 1. The zero-order valence-corrected chi connectivity index (χ0v) is 17.9. The maximum absolute atomic E-state index is 6.09. The van der Waals surface area contributed by atoms with Crippen molar-refractivity contribution in [3.05, 3.63) is 79.0 Å². The Morgan fingerprint density at radius 2 is 1.78 bits per heavy atom. The molecule has 0 radical (unpaired) electrons. The van der Waals surface area contributed by atoms with E-state index in [-0.39, 0.29) is 0 Å². The van der Waals surface area contributed by atoms with Gasteiger partial charge >= 0.3 is 0 Å². The van der Waals surface area contributed by atoms with Gasteiger partial charge < -0.3 is 19.4 Å². The Morgan fingerprint density at radius 1 is 0.938 bits per heavy atom. The van der Waals surface area contributed by atoms with E-state index >= 15 is 0 Å². The molecule has 0 atom stereocenters. The van der Waals surface area contributed by atoms with Crippen LogP contribution >= 0.6 is 0 Å². The first-order valence-electron chi connectivity index (χ1n) is 10.4. The highest BCUT2D eigenvalue weighted by Gasteiger charge is 2.09. The molecule has 2 aromatic carbocycles. The van der Waals surface area contributed by atoms with Crippen molar-refractivity contribution in [2.75, 3.05) is 25.1 Å². The van der Waals surface area contributed by atoms with Crippen molar-refractivity contribution < 1.29 is 9.47 Å². The summed E-state index contributed by atoms with van der Waals surface area (Å²) in [6, 6.07) is 17.8. The third kappa shape index (κ3) is 4.18. The maximum atomic E-state index is 6.09. The Balaban J connectivity index is 1.29. The second kappa shape index (κ2) is 8.55. The molecule has 0 aliphatic heterocycles. The van der Waals surface area contributed by atoms with Gasteiger partial charge in [-0.2, -0.15) is 0 Å². The summed E-state index contributed by atoms with van der Waals surface area (Å²) >= 11 is 0. The van der Waals surface area contributed by atoms with Crippen molar-refractivity contribution in [3.8, 4) is 17.4 Å². The fourth-order valence-corrected chi connectivity index (χ4v) is 3.64. The lowest BCUT2D eigenvalue weighted by Gasteiger charge is -2.19. The molecule has 7 nitrogen and oxygen atoms in total. The van der Waals surface area contributed by atoms with Gasteiger partial charge in [0.05, 0.1) is 17.4 Å². The minimum absolute atomic E-state index is 0.519. The Kier molecular flexibility index (Phi) is 5.29. The molecule has 0 unspecified atom stereocenters. The molecule has 0 saturated heterocycles. The molecule has 0 spiro atoms. The minimum atomic E-state index is 0.519. The van der Waals surface area contributed by atoms with Crippen LogP contribution in [0.3, 0.4) is 0 Å². The van der Waals surface area contributed by atoms with Crippen LogP contribution in [0.1, 0.15) is 5.69 Å². The van der Waals surface area contributed by atoms with E-state index in [9.17, 15) is 0 Å². The number of H-pyrrole nitrogens is 1. The average molecular weight is 425 g/mol. The predicted molar refractivity (Wildman–Crippen MR) is 126 cm³/mol. The predicted octanol–water partition coefficient (Wildman–Crippen LogP) is 5.12. The van der Waals surface area contributed by atoms with Crippen LogP contribution in [0.25, 0.3) is 21.8 Å². The monoisotopic (exact) mass is 425 g/mol. The molecule has 0 saturated carbocycles. The third-order valence-electron chi connectivity index (χ3n) is 5.31. The summed E-state index contributed by atoms with van der Waals surface area (Å²) in [7, 11) is 2.03. The molecular weight excluding hydrogens is 402 g/mol. The van der Waals surface area contributed by atoms with E-state index in [1.807, 2.05) is 62.5 Å². The van der Waals surface area contributed by atoms with Crippen molar-refractivity contribution in [1.29, 1.82) is 0 Å². The first-order chi connectivity index (χ1) is 15.7. The van der Waals surface area contributed by atoms with E-state index < -0.39 is 0 Å². The molecule has 1 N–H and O–H groups in total. The smallest absolute Gasteiger partial charge is 0.230 e. The fourth-order valence-electron chi connectivity index (χ4n) is 3.64. The van der Waals surface area contributed by atoms with Crippen LogP contribution in [0.4, 0.5) is 5.69 Å². The molecule has 32 heavy (non-hydrogen) atoms. The highest BCUT2D eigenvalue weighted by molar-refractivity contribution is 5.85. The van der Waals surface area contributed by atoms with Crippen LogP contribution in [0, 0.1) is 6.92 Å². The van der Waals surface area contributed by atoms with Crippen molar-refractivity contribution in [2.24, 2.45) is 0 Å². The largest absolute Gasteiger partial charge is 0.492 e. The third-order valence-corrected chi connectivity index (χ3v) is 5.31. The SMILES string of the molecule is Cc1cc2cc(Oc3ncnc4cc(OCCN(C)c5ccncc5)ccc34)ccc2[nH]1. The van der Waals surface area contributed by atoms with Gasteiger partial charge in [-0.1, -0.05) is 0 Å². The average Bonchev–Trinajstić information content (AvgIpc) is 3.19. The molecule has 0 aliphatic carbocycles. The molecule has 0 aliphatic rings. The molecule has 0 bridgehead atoms. The molecule has 160 valence electrons. The molecule has 5 rings (SSSR count). The normalized spacial score (nSPS) is 11.1. The Morgan fingerprint density at radius 3 is 2.66 bits per heavy atom. The minimum Gasteiger partial charge on any atom is -0.492 e. The lowest BCUT2D eigenvalue weighted by Crippen LogP contribution is -2.23. The summed E-state index contributed by atoms with van der Waals surface area (Å²) in [5.41, 5.74) is 4.07. The number of ether oxygens (including phenoxy) is 2. The van der Waals surface area contributed by atoms with E-state index in [0.29, 0.717) is 12.5 Å². The van der Waals surface area contributed by atoms with Gasteiger partial charge in [-0.15, -0.1) is 0 Å². The summed E-state index contributed by atoms with van der Waals surface area (Å²) in [5.74, 6) is 2.01. The summed E-state index contributed by atoms with van der Waals surface area (Å²) in [6.45, 7) is 3.34. The number of nitrogens with zero attached hydrogens (tertiary/aromatic N) is 4. The number of hydrogen-bond donors (Lipinski definition) is 1. The number of anilines is 1. The zero-order valence-electron chi connectivity index (χ0n) is 17.9. The van der Waals surface area contributed by atoms with Crippen molar-refractivity contribution in [1.82, 2.24) is 19.9 Å². The molecule has 3 aromatic heterocycles. The first kappa shape index (κ1) is 19.8. The zero-order chi connectivity index (χ0) is 21.9. The van der Waals surface area contributed by atoms with Gasteiger partial charge in [0.2, 0.25) is 5.88 Å². The Bertz CT molecular complexity index is 1370. The van der Waals surface area contributed by atoms with Crippen molar-refractivity contribution >= 4 is 27.5 Å². The molecule has 5 aromatic rings. The molecule has 0 amide bonds. The number of hydrogen-bond acceptors (Lipinski definition) is 6. The molecule has 0 fully saturated rings. The number of aromatic amines is 1. The summed E-state index contributed by atoms with van der Waals surface area (Å²) in [5, 5.41) is 1.94. The highest BCUT2D eigenvalue weighted by Crippen LogP contribution is 2.30. The van der Waals surface area contributed by atoms with Crippen LogP contribution < -0.4 is 14.4 Å². The molecule has 3 heterocycles. The number of rotatable bonds is 7. The topological polar surface area (TPSA) is 76.2 Å².